The van der Waals surface area contributed by atoms with Gasteiger partial charge in [0.1, 0.15) is 5.60 Å². The number of oxime groups is 1. The van der Waals surface area contributed by atoms with Crippen LogP contribution in [-0.4, -0.2) is 41.8 Å². The molecule has 0 spiro atoms. The Bertz CT molecular complexity index is 1320. The van der Waals surface area contributed by atoms with E-state index >= 15 is 0 Å². The van der Waals surface area contributed by atoms with Crippen LogP contribution in [0.25, 0.3) is 0 Å². The van der Waals surface area contributed by atoms with Gasteiger partial charge in [-0.1, -0.05) is 59.9 Å². The molecule has 1 heterocycles. The number of ketones is 1. The smallest absolute Gasteiger partial charge is 0.435 e. The molecule has 218 valence electrons. The molecule has 0 N–H and O–H groups in total. The number of hydrogen-bond acceptors (Lipinski definition) is 5. The molecule has 0 saturated heterocycles. The molecule has 1 amide bonds. The summed E-state index contributed by atoms with van der Waals surface area (Å²) in [5, 5.41) is 3.80. The quantitative estimate of drug-likeness (QED) is 0.283. The lowest BCUT2D eigenvalue weighted by atomic mass is 9.86. The molecule has 1 aliphatic heterocycles. The second-order valence-corrected chi connectivity index (χ2v) is 12.5. The highest BCUT2D eigenvalue weighted by molar-refractivity contribution is 6.35. The van der Waals surface area contributed by atoms with E-state index in [0.717, 1.165) is 17.0 Å². The standard InChI is InChI=1S/C27H27Cl4F3N2O4/c1-24(2,3)39-23(38)36(13-22(37)25(4,5)14-28)21-8-15(6-7-19(21)31)20-12-26(40-35-20,27(32,33)34)16-9-17(29)11-18(30)10-16/h6-11H,12-14H2,1-5H3. The largest absolute Gasteiger partial charge is 0.443 e. The Kier molecular flexibility index (Phi) is 9.36. The Balaban J connectivity index is 2.06. The maximum absolute atomic E-state index is 14.5. The molecule has 1 atom stereocenters. The van der Waals surface area contributed by atoms with Crippen LogP contribution in [0, 0.1) is 5.41 Å². The van der Waals surface area contributed by atoms with E-state index in [-0.39, 0.29) is 49.3 Å². The van der Waals surface area contributed by atoms with Crippen molar-refractivity contribution < 1.29 is 32.3 Å². The highest BCUT2D eigenvalue weighted by Gasteiger charge is 2.62. The summed E-state index contributed by atoms with van der Waals surface area (Å²) in [5.74, 6) is -0.395. The van der Waals surface area contributed by atoms with Crippen molar-refractivity contribution in [1.29, 1.82) is 0 Å². The Morgan fingerprint density at radius 1 is 1.02 bits per heavy atom. The molecule has 1 unspecified atom stereocenters. The van der Waals surface area contributed by atoms with Crippen LogP contribution in [0.3, 0.4) is 0 Å². The highest BCUT2D eigenvalue weighted by Crippen LogP contribution is 2.50. The lowest BCUT2D eigenvalue weighted by Gasteiger charge is -2.30. The monoisotopic (exact) mass is 640 g/mol. The van der Waals surface area contributed by atoms with Gasteiger partial charge >= 0.3 is 12.3 Å². The van der Waals surface area contributed by atoms with Crippen molar-refractivity contribution in [2.75, 3.05) is 17.3 Å². The first-order chi connectivity index (χ1) is 18.3. The molecule has 0 aliphatic carbocycles. The third-order valence-electron chi connectivity index (χ3n) is 6.09. The summed E-state index contributed by atoms with van der Waals surface area (Å²) < 4.78 is 48.9. The number of alkyl halides is 4. The molecule has 2 aromatic rings. The third kappa shape index (κ3) is 6.98. The van der Waals surface area contributed by atoms with Crippen LogP contribution in [0.1, 0.15) is 52.2 Å². The van der Waals surface area contributed by atoms with Crippen LogP contribution in [0.15, 0.2) is 41.6 Å². The zero-order chi connectivity index (χ0) is 30.3. The van der Waals surface area contributed by atoms with Crippen molar-refractivity contribution in [2.45, 2.75) is 58.4 Å². The number of carbonyl (C=O) groups is 2. The summed E-state index contributed by atoms with van der Waals surface area (Å²) in [4.78, 5) is 32.4. The minimum absolute atomic E-state index is 0.00510. The molecule has 13 heteroatoms. The molecule has 1 aliphatic rings. The molecule has 0 fully saturated rings. The van der Waals surface area contributed by atoms with Gasteiger partial charge in [0.2, 0.25) is 0 Å². The SMILES string of the molecule is CC(C)(C)OC(=O)N(CC(=O)C(C)(C)CCl)c1cc(C2=NOC(c3cc(Cl)cc(Cl)c3)(C(F)(F)F)C2)ccc1Cl. The highest BCUT2D eigenvalue weighted by atomic mass is 35.5. The van der Waals surface area contributed by atoms with Crippen molar-refractivity contribution in [3.8, 4) is 0 Å². The second-order valence-electron chi connectivity index (χ2n) is 11.0. The maximum Gasteiger partial charge on any atom is 0.435 e. The Labute approximate surface area is 250 Å². The number of halogens is 7. The molecule has 40 heavy (non-hydrogen) atoms. The van der Waals surface area contributed by atoms with E-state index in [1.165, 1.54) is 24.3 Å². The number of benzene rings is 2. The first-order valence-corrected chi connectivity index (χ1v) is 13.6. The number of ether oxygens (including phenoxy) is 1. The van der Waals surface area contributed by atoms with Gasteiger partial charge in [-0.05, 0) is 51.1 Å². The summed E-state index contributed by atoms with van der Waals surface area (Å²) in [5.41, 5.74) is -4.96. The molecule has 0 aromatic heterocycles. The summed E-state index contributed by atoms with van der Waals surface area (Å²) in [7, 11) is 0. The van der Waals surface area contributed by atoms with Crippen LogP contribution in [0.2, 0.25) is 15.1 Å². The molecule has 3 rings (SSSR count). The van der Waals surface area contributed by atoms with Gasteiger partial charge in [0.25, 0.3) is 5.60 Å². The summed E-state index contributed by atoms with van der Waals surface area (Å²) in [6.45, 7) is 7.74. The number of Topliss-reactive ketones (excluding diaryl/α,β-unsaturated/α-hetero) is 1. The van der Waals surface area contributed by atoms with Crippen LogP contribution >= 0.6 is 46.4 Å². The van der Waals surface area contributed by atoms with Gasteiger partial charge in [0, 0.05) is 38.9 Å². The molecule has 0 radical (unpaired) electrons. The zero-order valence-electron chi connectivity index (χ0n) is 22.3. The van der Waals surface area contributed by atoms with E-state index in [2.05, 4.69) is 5.16 Å². The van der Waals surface area contributed by atoms with Crippen LogP contribution in [0.4, 0.5) is 23.7 Å². The fraction of sp³-hybridized carbons (Fsp3) is 0.444. The van der Waals surface area contributed by atoms with Crippen LogP contribution in [0.5, 0.6) is 0 Å². The van der Waals surface area contributed by atoms with E-state index < -0.39 is 41.9 Å². The van der Waals surface area contributed by atoms with E-state index in [0.29, 0.717) is 0 Å². The number of anilines is 1. The topological polar surface area (TPSA) is 68.2 Å². The number of amides is 1. The Hall–Kier alpha value is -2.20. The van der Waals surface area contributed by atoms with Crippen molar-refractivity contribution >= 4 is 69.7 Å². The average molecular weight is 642 g/mol. The summed E-state index contributed by atoms with van der Waals surface area (Å²) in [6.07, 6.45) is -6.50. The summed E-state index contributed by atoms with van der Waals surface area (Å²) in [6, 6.07) is 7.70. The Morgan fingerprint density at radius 2 is 1.62 bits per heavy atom. The fourth-order valence-corrected chi connectivity index (χ4v) is 4.64. The zero-order valence-corrected chi connectivity index (χ0v) is 25.3. The minimum atomic E-state index is -4.90. The van der Waals surface area contributed by atoms with Crippen molar-refractivity contribution in [1.82, 2.24) is 0 Å². The minimum Gasteiger partial charge on any atom is -0.443 e. The molecular formula is C27H27Cl4F3N2O4. The predicted molar refractivity (Wildman–Crippen MR) is 151 cm³/mol. The van der Waals surface area contributed by atoms with Crippen molar-refractivity contribution in [3.05, 3.63) is 62.6 Å². The lowest BCUT2D eigenvalue weighted by molar-refractivity contribution is -0.275. The first kappa shape index (κ1) is 32.3. The van der Waals surface area contributed by atoms with E-state index in [9.17, 15) is 22.8 Å². The van der Waals surface area contributed by atoms with Gasteiger partial charge in [-0.15, -0.1) is 11.6 Å². The average Bonchev–Trinajstić information content (AvgIpc) is 3.28. The first-order valence-electron chi connectivity index (χ1n) is 12.0. The third-order valence-corrected chi connectivity index (χ3v) is 7.51. The molecule has 0 saturated carbocycles. The van der Waals surface area contributed by atoms with Gasteiger partial charge in [-0.25, -0.2) is 4.79 Å². The summed E-state index contributed by atoms with van der Waals surface area (Å²) >= 11 is 24.4. The van der Waals surface area contributed by atoms with Gasteiger partial charge < -0.3 is 9.57 Å². The van der Waals surface area contributed by atoms with Gasteiger partial charge in [0.05, 0.1) is 23.0 Å². The van der Waals surface area contributed by atoms with E-state index in [4.69, 9.17) is 56.0 Å². The second kappa shape index (κ2) is 11.6. The Morgan fingerprint density at radius 3 is 2.15 bits per heavy atom. The number of carbonyl (C=O) groups excluding carboxylic acids is 2. The fourth-order valence-electron chi connectivity index (χ4n) is 3.74. The van der Waals surface area contributed by atoms with Crippen LogP contribution in [-0.2, 0) is 20.0 Å². The molecule has 2 aromatic carbocycles. The maximum atomic E-state index is 14.5. The van der Waals surface area contributed by atoms with E-state index in [1.54, 1.807) is 34.6 Å². The number of hydrogen-bond donors (Lipinski definition) is 0. The normalized spacial score (nSPS) is 17.8. The van der Waals surface area contributed by atoms with Crippen LogP contribution < -0.4 is 4.90 Å². The molecular weight excluding hydrogens is 615 g/mol. The van der Waals surface area contributed by atoms with E-state index in [1.807, 2.05) is 0 Å². The van der Waals surface area contributed by atoms with Crippen molar-refractivity contribution in [3.63, 3.8) is 0 Å². The van der Waals surface area contributed by atoms with Gasteiger partial charge in [-0.3, -0.25) is 9.69 Å². The predicted octanol–water partition coefficient (Wildman–Crippen LogP) is 8.80. The van der Waals surface area contributed by atoms with Crippen molar-refractivity contribution in [2.24, 2.45) is 10.6 Å². The lowest BCUT2D eigenvalue weighted by Crippen LogP contribution is -2.44. The molecule has 0 bridgehead atoms. The number of nitrogens with zero attached hydrogens (tertiary/aromatic N) is 2. The van der Waals surface area contributed by atoms with Gasteiger partial charge in [-0.2, -0.15) is 13.2 Å². The number of rotatable bonds is 7. The molecule has 6 nitrogen and oxygen atoms in total. The van der Waals surface area contributed by atoms with Gasteiger partial charge in [0.15, 0.2) is 5.78 Å².